The van der Waals surface area contributed by atoms with Crippen LogP contribution in [0.3, 0.4) is 0 Å². The van der Waals surface area contributed by atoms with Crippen LogP contribution in [0.1, 0.15) is 18.7 Å². The Morgan fingerprint density at radius 2 is 2.22 bits per heavy atom. The van der Waals surface area contributed by atoms with Gasteiger partial charge in [-0.2, -0.15) is 0 Å². The van der Waals surface area contributed by atoms with E-state index in [0.717, 1.165) is 24.6 Å². The summed E-state index contributed by atoms with van der Waals surface area (Å²) in [5.41, 5.74) is 0.982. The first-order valence-electron chi connectivity index (χ1n) is 6.13. The standard InChI is InChI=1S/C13H14IN3O/c14-10-3-1-2-9(8-10)13-17-16-12(18-13)6-7-15-11-4-5-11/h1-3,8,11,15H,4-7H2. The van der Waals surface area contributed by atoms with Gasteiger partial charge in [-0.25, -0.2) is 0 Å². The molecule has 1 aromatic heterocycles. The first-order chi connectivity index (χ1) is 8.81. The topological polar surface area (TPSA) is 51.0 Å². The molecule has 1 aliphatic carbocycles. The number of hydrogen-bond donors (Lipinski definition) is 1. The van der Waals surface area contributed by atoms with E-state index in [9.17, 15) is 0 Å². The highest BCUT2D eigenvalue weighted by Gasteiger charge is 2.20. The fraction of sp³-hybridized carbons (Fsp3) is 0.385. The van der Waals surface area contributed by atoms with Crippen molar-refractivity contribution in [2.45, 2.75) is 25.3 Å². The molecule has 1 aliphatic rings. The molecule has 5 heteroatoms. The smallest absolute Gasteiger partial charge is 0.247 e. The van der Waals surface area contributed by atoms with Crippen molar-refractivity contribution in [2.75, 3.05) is 6.54 Å². The van der Waals surface area contributed by atoms with Gasteiger partial charge >= 0.3 is 0 Å². The summed E-state index contributed by atoms with van der Waals surface area (Å²) in [6.07, 6.45) is 3.41. The summed E-state index contributed by atoms with van der Waals surface area (Å²) < 4.78 is 6.83. The van der Waals surface area contributed by atoms with E-state index in [1.807, 2.05) is 24.3 Å². The predicted octanol–water partition coefficient (Wildman–Crippen LogP) is 2.64. The van der Waals surface area contributed by atoms with Crippen LogP contribution in [-0.2, 0) is 6.42 Å². The van der Waals surface area contributed by atoms with Crippen LogP contribution < -0.4 is 5.32 Å². The summed E-state index contributed by atoms with van der Waals surface area (Å²) in [5.74, 6) is 1.31. The number of halogens is 1. The van der Waals surface area contributed by atoms with E-state index in [1.54, 1.807) is 0 Å². The number of benzene rings is 1. The molecule has 0 unspecified atom stereocenters. The van der Waals surface area contributed by atoms with Crippen LogP contribution in [0.2, 0.25) is 0 Å². The Bertz CT molecular complexity index is 537. The minimum absolute atomic E-state index is 0.606. The number of nitrogens with one attached hydrogen (secondary N) is 1. The first-order valence-corrected chi connectivity index (χ1v) is 7.21. The van der Waals surface area contributed by atoms with E-state index in [0.29, 0.717) is 11.8 Å². The second kappa shape index (κ2) is 5.36. The van der Waals surface area contributed by atoms with Gasteiger partial charge in [0.25, 0.3) is 0 Å². The Balaban J connectivity index is 1.64. The van der Waals surface area contributed by atoms with Crippen LogP contribution in [-0.4, -0.2) is 22.8 Å². The van der Waals surface area contributed by atoms with Crippen molar-refractivity contribution >= 4 is 22.6 Å². The van der Waals surface area contributed by atoms with Gasteiger partial charge in [0.05, 0.1) is 0 Å². The quantitative estimate of drug-likeness (QED) is 0.838. The third-order valence-electron chi connectivity index (χ3n) is 2.89. The molecule has 1 fully saturated rings. The van der Waals surface area contributed by atoms with Crippen LogP contribution in [0.4, 0.5) is 0 Å². The number of hydrogen-bond acceptors (Lipinski definition) is 4. The molecule has 2 aromatic rings. The summed E-state index contributed by atoms with van der Waals surface area (Å²) in [6, 6.07) is 8.79. The van der Waals surface area contributed by atoms with Crippen molar-refractivity contribution in [1.29, 1.82) is 0 Å². The molecular formula is C13H14IN3O. The molecule has 1 N–H and O–H groups in total. The molecule has 1 saturated carbocycles. The van der Waals surface area contributed by atoms with Crippen molar-refractivity contribution < 1.29 is 4.42 Å². The highest BCUT2D eigenvalue weighted by atomic mass is 127. The lowest BCUT2D eigenvalue weighted by Crippen LogP contribution is -2.19. The van der Waals surface area contributed by atoms with Crippen LogP contribution in [0.5, 0.6) is 0 Å². The van der Waals surface area contributed by atoms with Gasteiger partial charge in [0.2, 0.25) is 11.8 Å². The fourth-order valence-corrected chi connectivity index (χ4v) is 2.31. The van der Waals surface area contributed by atoms with Crippen LogP contribution in [0.25, 0.3) is 11.5 Å². The Hall–Kier alpha value is -0.950. The molecular weight excluding hydrogens is 341 g/mol. The molecule has 0 bridgehead atoms. The van der Waals surface area contributed by atoms with Gasteiger partial charge in [0.15, 0.2) is 0 Å². The van der Waals surface area contributed by atoms with Crippen molar-refractivity contribution in [3.8, 4) is 11.5 Å². The van der Waals surface area contributed by atoms with E-state index >= 15 is 0 Å². The molecule has 0 spiro atoms. The number of nitrogens with zero attached hydrogens (tertiary/aromatic N) is 2. The molecule has 4 nitrogen and oxygen atoms in total. The molecule has 0 atom stereocenters. The summed E-state index contributed by atoms with van der Waals surface area (Å²) in [7, 11) is 0. The van der Waals surface area contributed by atoms with Gasteiger partial charge in [0, 0.05) is 28.1 Å². The second-order valence-corrected chi connectivity index (χ2v) is 5.74. The van der Waals surface area contributed by atoms with Gasteiger partial charge in [-0.1, -0.05) is 6.07 Å². The Kier molecular flexibility index (Phi) is 3.60. The largest absolute Gasteiger partial charge is 0.421 e. The average Bonchev–Trinajstić information content (AvgIpc) is 3.06. The molecule has 0 radical (unpaired) electrons. The lowest BCUT2D eigenvalue weighted by Gasteiger charge is -1.98. The lowest BCUT2D eigenvalue weighted by molar-refractivity contribution is 0.494. The molecule has 0 aliphatic heterocycles. The molecule has 1 aromatic carbocycles. The predicted molar refractivity (Wildman–Crippen MR) is 77.2 cm³/mol. The summed E-state index contributed by atoms with van der Waals surface area (Å²) >= 11 is 2.28. The molecule has 18 heavy (non-hydrogen) atoms. The molecule has 3 rings (SSSR count). The second-order valence-electron chi connectivity index (χ2n) is 4.49. The SMILES string of the molecule is Ic1cccc(-c2nnc(CCNC3CC3)o2)c1. The Morgan fingerprint density at radius 3 is 3.00 bits per heavy atom. The maximum atomic E-state index is 5.66. The molecule has 0 amide bonds. The van der Waals surface area contributed by atoms with E-state index in [4.69, 9.17) is 4.42 Å². The molecule has 1 heterocycles. The zero-order valence-corrected chi connectivity index (χ0v) is 12.1. The number of aromatic nitrogens is 2. The highest BCUT2D eigenvalue weighted by Crippen LogP contribution is 2.20. The normalized spacial score (nSPS) is 14.9. The Morgan fingerprint density at radius 1 is 1.33 bits per heavy atom. The first kappa shape index (κ1) is 12.1. The summed E-state index contributed by atoms with van der Waals surface area (Å²) in [4.78, 5) is 0. The lowest BCUT2D eigenvalue weighted by atomic mass is 10.2. The number of rotatable bonds is 5. The van der Waals surface area contributed by atoms with Crippen molar-refractivity contribution in [3.63, 3.8) is 0 Å². The third kappa shape index (κ3) is 3.08. The highest BCUT2D eigenvalue weighted by molar-refractivity contribution is 14.1. The van der Waals surface area contributed by atoms with Gasteiger partial charge in [0.1, 0.15) is 0 Å². The van der Waals surface area contributed by atoms with Gasteiger partial charge in [-0.15, -0.1) is 10.2 Å². The van der Waals surface area contributed by atoms with E-state index in [-0.39, 0.29) is 0 Å². The van der Waals surface area contributed by atoms with Crippen LogP contribution in [0, 0.1) is 3.57 Å². The average molecular weight is 355 g/mol. The van der Waals surface area contributed by atoms with E-state index in [2.05, 4.69) is 38.1 Å². The maximum absolute atomic E-state index is 5.66. The zero-order chi connectivity index (χ0) is 12.4. The molecule has 94 valence electrons. The van der Waals surface area contributed by atoms with Gasteiger partial charge < -0.3 is 9.73 Å². The summed E-state index contributed by atoms with van der Waals surface area (Å²) in [6.45, 7) is 0.915. The zero-order valence-electron chi connectivity index (χ0n) is 9.90. The monoisotopic (exact) mass is 355 g/mol. The summed E-state index contributed by atoms with van der Waals surface area (Å²) in [5, 5.41) is 11.6. The third-order valence-corrected chi connectivity index (χ3v) is 3.56. The van der Waals surface area contributed by atoms with E-state index in [1.165, 1.54) is 16.4 Å². The van der Waals surface area contributed by atoms with Crippen LogP contribution in [0.15, 0.2) is 28.7 Å². The van der Waals surface area contributed by atoms with Crippen molar-refractivity contribution in [2.24, 2.45) is 0 Å². The van der Waals surface area contributed by atoms with Crippen LogP contribution >= 0.6 is 22.6 Å². The minimum atomic E-state index is 0.606. The van der Waals surface area contributed by atoms with Gasteiger partial charge in [-0.05, 0) is 53.6 Å². The van der Waals surface area contributed by atoms with Gasteiger partial charge in [-0.3, -0.25) is 0 Å². The Labute approximate surface area is 119 Å². The minimum Gasteiger partial charge on any atom is -0.421 e. The van der Waals surface area contributed by atoms with Crippen molar-refractivity contribution in [3.05, 3.63) is 33.7 Å². The van der Waals surface area contributed by atoms with Crippen molar-refractivity contribution in [1.82, 2.24) is 15.5 Å². The fourth-order valence-electron chi connectivity index (χ4n) is 1.76. The maximum Gasteiger partial charge on any atom is 0.247 e. The molecule has 0 saturated heterocycles. The van der Waals surface area contributed by atoms with E-state index < -0.39 is 0 Å².